The first-order chi connectivity index (χ1) is 7.44. The van der Waals surface area contributed by atoms with Crippen LogP contribution in [0.15, 0.2) is 0 Å². The number of methoxy groups -OCH3 is 1. The van der Waals surface area contributed by atoms with E-state index >= 15 is 0 Å². The Labute approximate surface area is 97.3 Å². The van der Waals surface area contributed by atoms with Gasteiger partial charge < -0.3 is 10.5 Å². The van der Waals surface area contributed by atoms with Crippen molar-refractivity contribution in [2.75, 3.05) is 32.6 Å². The average molecular weight is 251 g/mol. The van der Waals surface area contributed by atoms with Crippen molar-refractivity contribution >= 4 is 15.9 Å². The fourth-order valence-electron chi connectivity index (χ4n) is 1.22. The Bertz CT molecular complexity index is 303. The molecule has 0 bridgehead atoms. The highest BCUT2D eigenvalue weighted by Crippen LogP contribution is 2.04. The molecule has 0 aliphatic heterocycles. The smallest absolute Gasteiger partial charge is 0.214 e. The molecule has 3 N–H and O–H groups in total. The third-order valence-corrected chi connectivity index (χ3v) is 4.11. The number of rotatable bonds is 9. The van der Waals surface area contributed by atoms with E-state index in [0.717, 1.165) is 0 Å². The standard InChI is InChI=1S/C9H21N3O3S/c1-3-8-16(13,14)12(6-7-15-2)5-4-9(10)11/h3-8H2,1-2H3,(H3,10,11). The van der Waals surface area contributed by atoms with Crippen LogP contribution in [-0.4, -0.2) is 51.1 Å². The van der Waals surface area contributed by atoms with Gasteiger partial charge in [-0.1, -0.05) is 6.92 Å². The molecule has 0 amide bonds. The summed E-state index contributed by atoms with van der Waals surface area (Å²) in [6, 6.07) is 0. The van der Waals surface area contributed by atoms with Crippen LogP contribution in [0, 0.1) is 5.41 Å². The predicted octanol–water partition coefficient (Wildman–Crippen LogP) is 0.000670. The molecule has 96 valence electrons. The van der Waals surface area contributed by atoms with E-state index in [2.05, 4.69) is 0 Å². The van der Waals surface area contributed by atoms with Crippen molar-refractivity contribution in [3.63, 3.8) is 0 Å². The Morgan fingerprint density at radius 2 is 2.06 bits per heavy atom. The van der Waals surface area contributed by atoms with Gasteiger partial charge in [-0.15, -0.1) is 0 Å². The number of ether oxygens (including phenoxy) is 1. The van der Waals surface area contributed by atoms with Gasteiger partial charge >= 0.3 is 0 Å². The molecule has 0 aliphatic carbocycles. The lowest BCUT2D eigenvalue weighted by Crippen LogP contribution is -2.37. The number of hydrogen-bond acceptors (Lipinski definition) is 4. The maximum Gasteiger partial charge on any atom is 0.214 e. The zero-order chi connectivity index (χ0) is 12.6. The first-order valence-corrected chi connectivity index (χ1v) is 6.84. The minimum atomic E-state index is -3.24. The lowest BCUT2D eigenvalue weighted by Gasteiger charge is -2.21. The zero-order valence-electron chi connectivity index (χ0n) is 9.90. The summed E-state index contributed by atoms with van der Waals surface area (Å²) in [4.78, 5) is 0. The molecule has 0 aromatic heterocycles. The molecular formula is C9H21N3O3S. The third kappa shape index (κ3) is 6.04. The van der Waals surface area contributed by atoms with Crippen molar-refractivity contribution in [1.82, 2.24) is 4.31 Å². The van der Waals surface area contributed by atoms with Gasteiger partial charge in [-0.25, -0.2) is 8.42 Å². The summed E-state index contributed by atoms with van der Waals surface area (Å²) in [7, 11) is -1.72. The molecule has 0 radical (unpaired) electrons. The largest absolute Gasteiger partial charge is 0.388 e. The molecule has 6 nitrogen and oxygen atoms in total. The molecule has 0 unspecified atom stereocenters. The van der Waals surface area contributed by atoms with Crippen molar-refractivity contribution in [2.24, 2.45) is 5.73 Å². The molecular weight excluding hydrogens is 230 g/mol. The van der Waals surface area contributed by atoms with Gasteiger partial charge in [0.15, 0.2) is 0 Å². The Morgan fingerprint density at radius 1 is 1.44 bits per heavy atom. The second-order valence-corrected chi connectivity index (χ2v) is 5.57. The minimum Gasteiger partial charge on any atom is -0.388 e. The summed E-state index contributed by atoms with van der Waals surface area (Å²) in [6.07, 6.45) is 0.832. The lowest BCUT2D eigenvalue weighted by molar-refractivity contribution is 0.179. The molecule has 0 spiro atoms. The van der Waals surface area contributed by atoms with Crippen LogP contribution in [0.25, 0.3) is 0 Å². The fourth-order valence-corrected chi connectivity index (χ4v) is 2.71. The Kier molecular flexibility index (Phi) is 7.27. The molecule has 0 rings (SSSR count). The second kappa shape index (κ2) is 7.59. The molecule has 0 aromatic carbocycles. The topological polar surface area (TPSA) is 96.5 Å². The van der Waals surface area contributed by atoms with E-state index in [-0.39, 0.29) is 24.6 Å². The summed E-state index contributed by atoms with van der Waals surface area (Å²) in [6.45, 7) is 2.73. The van der Waals surface area contributed by atoms with Crippen molar-refractivity contribution in [3.05, 3.63) is 0 Å². The van der Waals surface area contributed by atoms with E-state index in [1.807, 2.05) is 6.92 Å². The summed E-state index contributed by atoms with van der Waals surface area (Å²) in [5.41, 5.74) is 5.22. The lowest BCUT2D eigenvalue weighted by atomic mass is 10.4. The number of sulfonamides is 1. The van der Waals surface area contributed by atoms with Crippen LogP contribution in [-0.2, 0) is 14.8 Å². The summed E-state index contributed by atoms with van der Waals surface area (Å²) >= 11 is 0. The number of nitrogens with one attached hydrogen (secondary N) is 1. The quantitative estimate of drug-likeness (QED) is 0.445. The second-order valence-electron chi connectivity index (χ2n) is 3.48. The van der Waals surface area contributed by atoms with Crippen molar-refractivity contribution in [3.8, 4) is 0 Å². The van der Waals surface area contributed by atoms with Gasteiger partial charge in [-0.2, -0.15) is 4.31 Å². The van der Waals surface area contributed by atoms with Crippen LogP contribution in [0.3, 0.4) is 0 Å². The number of nitrogens with zero attached hydrogens (tertiary/aromatic N) is 1. The molecule has 16 heavy (non-hydrogen) atoms. The molecule has 0 saturated heterocycles. The van der Waals surface area contributed by atoms with Crippen LogP contribution in [0.1, 0.15) is 19.8 Å². The Hall–Kier alpha value is -0.660. The van der Waals surface area contributed by atoms with Gasteiger partial charge in [0.25, 0.3) is 0 Å². The highest BCUT2D eigenvalue weighted by Gasteiger charge is 2.20. The number of amidine groups is 1. The Morgan fingerprint density at radius 3 is 2.50 bits per heavy atom. The summed E-state index contributed by atoms with van der Waals surface area (Å²) in [5, 5.41) is 7.10. The summed E-state index contributed by atoms with van der Waals surface area (Å²) < 4.78 is 29.8. The predicted molar refractivity (Wildman–Crippen MR) is 64.1 cm³/mol. The van der Waals surface area contributed by atoms with Gasteiger partial charge in [0.05, 0.1) is 18.2 Å². The maximum absolute atomic E-state index is 11.8. The average Bonchev–Trinajstić information content (AvgIpc) is 2.16. The van der Waals surface area contributed by atoms with Crippen molar-refractivity contribution in [1.29, 1.82) is 5.41 Å². The SMILES string of the molecule is CCCS(=O)(=O)N(CCOC)CCC(=N)N. The molecule has 0 fully saturated rings. The van der Waals surface area contributed by atoms with E-state index in [9.17, 15) is 8.42 Å². The van der Waals surface area contributed by atoms with Gasteiger partial charge in [0, 0.05) is 26.6 Å². The molecule has 7 heteroatoms. The van der Waals surface area contributed by atoms with E-state index in [0.29, 0.717) is 19.6 Å². The monoisotopic (exact) mass is 251 g/mol. The number of nitrogens with two attached hydrogens (primary N) is 1. The molecule has 0 aliphatic rings. The van der Waals surface area contributed by atoms with Gasteiger partial charge in [0.2, 0.25) is 10.0 Å². The van der Waals surface area contributed by atoms with Gasteiger partial charge in [-0.05, 0) is 6.42 Å². The van der Waals surface area contributed by atoms with Gasteiger partial charge in [0.1, 0.15) is 0 Å². The Balaban J connectivity index is 4.45. The van der Waals surface area contributed by atoms with E-state index in [1.54, 1.807) is 0 Å². The van der Waals surface area contributed by atoms with Crippen LogP contribution in [0.5, 0.6) is 0 Å². The normalized spacial score (nSPS) is 11.9. The van der Waals surface area contributed by atoms with E-state index in [1.165, 1.54) is 11.4 Å². The summed E-state index contributed by atoms with van der Waals surface area (Å²) in [5.74, 6) is 0.114. The van der Waals surface area contributed by atoms with Crippen molar-refractivity contribution < 1.29 is 13.2 Å². The molecule has 0 aromatic rings. The van der Waals surface area contributed by atoms with Crippen molar-refractivity contribution in [2.45, 2.75) is 19.8 Å². The van der Waals surface area contributed by atoms with Gasteiger partial charge in [-0.3, -0.25) is 5.41 Å². The first-order valence-electron chi connectivity index (χ1n) is 5.23. The molecule has 0 saturated carbocycles. The molecule has 0 atom stereocenters. The van der Waals surface area contributed by atoms with Crippen LogP contribution >= 0.6 is 0 Å². The van der Waals surface area contributed by atoms with E-state index < -0.39 is 10.0 Å². The third-order valence-electron chi connectivity index (χ3n) is 2.03. The number of hydrogen-bond donors (Lipinski definition) is 2. The first kappa shape index (κ1) is 15.3. The van der Waals surface area contributed by atoms with Crippen LogP contribution in [0.2, 0.25) is 0 Å². The van der Waals surface area contributed by atoms with E-state index in [4.69, 9.17) is 15.9 Å². The minimum absolute atomic E-state index is 0.00545. The fraction of sp³-hybridized carbons (Fsp3) is 0.889. The van der Waals surface area contributed by atoms with Crippen LogP contribution in [0.4, 0.5) is 0 Å². The zero-order valence-corrected chi connectivity index (χ0v) is 10.7. The van der Waals surface area contributed by atoms with Crippen LogP contribution < -0.4 is 5.73 Å². The maximum atomic E-state index is 11.8. The highest BCUT2D eigenvalue weighted by atomic mass is 32.2. The highest BCUT2D eigenvalue weighted by molar-refractivity contribution is 7.89. The molecule has 0 heterocycles.